The van der Waals surface area contributed by atoms with Crippen LogP contribution in [0.2, 0.25) is 0 Å². The van der Waals surface area contributed by atoms with E-state index in [0.717, 1.165) is 31.5 Å². The second-order valence-electron chi connectivity index (χ2n) is 6.35. The number of hydrogen-bond acceptors (Lipinski definition) is 3. The van der Waals surface area contributed by atoms with Crippen LogP contribution in [0, 0.1) is 0 Å². The number of hydrogen-bond donors (Lipinski definition) is 1. The van der Waals surface area contributed by atoms with E-state index in [9.17, 15) is 14.4 Å². The molecule has 2 fully saturated rings. The van der Waals surface area contributed by atoms with Gasteiger partial charge >= 0.3 is 6.03 Å². The van der Waals surface area contributed by atoms with Crippen LogP contribution in [0.4, 0.5) is 4.79 Å². The minimum atomic E-state index is -0.570. The first-order valence-electron chi connectivity index (χ1n) is 8.59. The van der Waals surface area contributed by atoms with Crippen LogP contribution in [0.5, 0.6) is 0 Å². The lowest BCUT2D eigenvalue weighted by molar-refractivity contribution is -0.131. The summed E-state index contributed by atoms with van der Waals surface area (Å²) in [6.45, 7) is 1.99. The molecule has 1 aromatic rings. The summed E-state index contributed by atoms with van der Waals surface area (Å²) in [5.41, 5.74) is 1.09. The number of urea groups is 1. The molecule has 0 spiro atoms. The van der Waals surface area contributed by atoms with E-state index >= 15 is 0 Å². The molecule has 0 aromatic heterocycles. The fourth-order valence-electron chi connectivity index (χ4n) is 3.26. The fourth-order valence-corrected chi connectivity index (χ4v) is 3.26. The molecule has 2 saturated heterocycles. The number of imide groups is 1. The SMILES string of the molecule is O=C(CC[C@@H]1NC(=O)N(CCc2ccccc2)C1=O)N1CCCC1. The predicted octanol–water partition coefficient (Wildman–Crippen LogP) is 1.55. The van der Waals surface area contributed by atoms with E-state index in [1.54, 1.807) is 0 Å². The lowest BCUT2D eigenvalue weighted by Gasteiger charge is -2.16. The molecule has 1 aromatic carbocycles. The molecule has 3 rings (SSSR count). The molecule has 1 atom stereocenters. The summed E-state index contributed by atoms with van der Waals surface area (Å²) < 4.78 is 0. The van der Waals surface area contributed by atoms with Gasteiger partial charge in [-0.2, -0.15) is 0 Å². The Morgan fingerprint density at radius 3 is 2.54 bits per heavy atom. The zero-order valence-electron chi connectivity index (χ0n) is 13.7. The number of rotatable bonds is 6. The lowest BCUT2D eigenvalue weighted by Crippen LogP contribution is -2.34. The van der Waals surface area contributed by atoms with Crippen molar-refractivity contribution in [1.29, 1.82) is 0 Å². The maximum atomic E-state index is 12.4. The second kappa shape index (κ2) is 7.47. The zero-order valence-corrected chi connectivity index (χ0v) is 13.7. The molecule has 2 aliphatic heterocycles. The molecule has 4 amide bonds. The van der Waals surface area contributed by atoms with Crippen molar-refractivity contribution in [2.24, 2.45) is 0 Å². The molecule has 6 nitrogen and oxygen atoms in total. The van der Waals surface area contributed by atoms with E-state index in [0.29, 0.717) is 25.8 Å². The Morgan fingerprint density at radius 1 is 1.12 bits per heavy atom. The van der Waals surface area contributed by atoms with E-state index in [4.69, 9.17) is 0 Å². The molecule has 128 valence electrons. The zero-order chi connectivity index (χ0) is 16.9. The number of amides is 4. The minimum absolute atomic E-state index is 0.0808. The standard InChI is InChI=1S/C18H23N3O3/c22-16(20-11-4-5-12-20)9-8-15-17(23)21(18(24)19-15)13-10-14-6-2-1-3-7-14/h1-3,6-7,15H,4-5,8-13H2,(H,19,24)/t15-/m0/s1. The number of benzene rings is 1. The molecular weight excluding hydrogens is 306 g/mol. The fraction of sp³-hybridized carbons (Fsp3) is 0.500. The van der Waals surface area contributed by atoms with Crippen LogP contribution in [0.3, 0.4) is 0 Å². The van der Waals surface area contributed by atoms with Crippen molar-refractivity contribution >= 4 is 17.8 Å². The highest BCUT2D eigenvalue weighted by molar-refractivity contribution is 6.04. The summed E-state index contributed by atoms with van der Waals surface area (Å²) in [5, 5.41) is 2.70. The van der Waals surface area contributed by atoms with Crippen molar-refractivity contribution in [1.82, 2.24) is 15.1 Å². The van der Waals surface area contributed by atoms with Gasteiger partial charge in [0.25, 0.3) is 5.91 Å². The first kappa shape index (κ1) is 16.5. The van der Waals surface area contributed by atoms with Crippen LogP contribution in [-0.2, 0) is 16.0 Å². The number of nitrogens with zero attached hydrogens (tertiary/aromatic N) is 2. The molecule has 0 aliphatic carbocycles. The minimum Gasteiger partial charge on any atom is -0.343 e. The van der Waals surface area contributed by atoms with Gasteiger partial charge < -0.3 is 10.2 Å². The molecule has 6 heteroatoms. The molecule has 0 bridgehead atoms. The summed E-state index contributed by atoms with van der Waals surface area (Å²) >= 11 is 0. The molecule has 2 aliphatic rings. The summed E-state index contributed by atoms with van der Waals surface area (Å²) in [6, 6.07) is 8.84. The van der Waals surface area contributed by atoms with Crippen LogP contribution >= 0.6 is 0 Å². The van der Waals surface area contributed by atoms with Crippen LogP contribution in [0.1, 0.15) is 31.2 Å². The topological polar surface area (TPSA) is 69.7 Å². The summed E-state index contributed by atoms with van der Waals surface area (Å²) in [4.78, 5) is 39.6. The normalized spacial score (nSPS) is 20.6. The Hall–Kier alpha value is -2.37. The summed E-state index contributed by atoms with van der Waals surface area (Å²) in [6.07, 6.45) is 3.43. The van der Waals surface area contributed by atoms with Crippen molar-refractivity contribution < 1.29 is 14.4 Å². The monoisotopic (exact) mass is 329 g/mol. The maximum absolute atomic E-state index is 12.4. The first-order valence-corrected chi connectivity index (χ1v) is 8.59. The third-order valence-electron chi connectivity index (χ3n) is 4.68. The number of carbonyl (C=O) groups is 3. The van der Waals surface area contributed by atoms with Gasteiger partial charge in [0.2, 0.25) is 5.91 Å². The summed E-state index contributed by atoms with van der Waals surface area (Å²) in [5.74, 6) is -0.137. The first-order chi connectivity index (χ1) is 11.6. The van der Waals surface area contributed by atoms with E-state index in [1.165, 1.54) is 4.90 Å². The Morgan fingerprint density at radius 2 is 1.83 bits per heavy atom. The van der Waals surface area contributed by atoms with E-state index in [2.05, 4.69) is 5.32 Å². The van der Waals surface area contributed by atoms with E-state index < -0.39 is 6.04 Å². The second-order valence-corrected chi connectivity index (χ2v) is 6.35. The van der Waals surface area contributed by atoms with Gasteiger partial charge in [0.05, 0.1) is 0 Å². The molecule has 0 saturated carbocycles. The smallest absolute Gasteiger partial charge is 0.324 e. The van der Waals surface area contributed by atoms with Crippen LogP contribution in [0.15, 0.2) is 30.3 Å². The van der Waals surface area contributed by atoms with Gasteiger partial charge in [-0.1, -0.05) is 30.3 Å². The number of likely N-dealkylation sites (tertiary alicyclic amines) is 1. The van der Waals surface area contributed by atoms with Gasteiger partial charge in [0, 0.05) is 26.1 Å². The molecule has 0 unspecified atom stereocenters. The van der Waals surface area contributed by atoms with Crippen molar-refractivity contribution in [3.63, 3.8) is 0 Å². The Balaban J connectivity index is 1.49. The van der Waals surface area contributed by atoms with Crippen LogP contribution in [-0.4, -0.2) is 53.3 Å². The molecule has 2 heterocycles. The van der Waals surface area contributed by atoms with Gasteiger partial charge in [0.1, 0.15) is 6.04 Å². The molecule has 24 heavy (non-hydrogen) atoms. The van der Waals surface area contributed by atoms with Gasteiger partial charge in [-0.05, 0) is 31.2 Å². The van der Waals surface area contributed by atoms with Crippen molar-refractivity contribution in [2.45, 2.75) is 38.1 Å². The number of carbonyl (C=O) groups excluding carboxylic acids is 3. The highest BCUT2D eigenvalue weighted by atomic mass is 16.2. The third-order valence-corrected chi connectivity index (χ3v) is 4.68. The van der Waals surface area contributed by atoms with E-state index in [-0.39, 0.29) is 17.8 Å². The quantitative estimate of drug-likeness (QED) is 0.805. The highest BCUT2D eigenvalue weighted by Gasteiger charge is 2.37. The average molecular weight is 329 g/mol. The van der Waals surface area contributed by atoms with Crippen molar-refractivity contribution in [3.8, 4) is 0 Å². The van der Waals surface area contributed by atoms with Gasteiger partial charge in [-0.3, -0.25) is 14.5 Å². The Bertz CT molecular complexity index is 611. The largest absolute Gasteiger partial charge is 0.343 e. The van der Waals surface area contributed by atoms with Crippen molar-refractivity contribution in [3.05, 3.63) is 35.9 Å². The van der Waals surface area contributed by atoms with Gasteiger partial charge in [0.15, 0.2) is 0 Å². The van der Waals surface area contributed by atoms with Crippen LogP contribution < -0.4 is 5.32 Å². The lowest BCUT2D eigenvalue weighted by atomic mass is 10.1. The predicted molar refractivity (Wildman–Crippen MR) is 89.2 cm³/mol. The maximum Gasteiger partial charge on any atom is 0.324 e. The molecule has 1 N–H and O–H groups in total. The van der Waals surface area contributed by atoms with E-state index in [1.807, 2.05) is 35.2 Å². The molecular formula is C18H23N3O3. The third kappa shape index (κ3) is 3.75. The Kier molecular flexibility index (Phi) is 5.13. The average Bonchev–Trinajstić information content (AvgIpc) is 3.21. The van der Waals surface area contributed by atoms with Gasteiger partial charge in [-0.25, -0.2) is 4.79 Å². The van der Waals surface area contributed by atoms with Crippen LogP contribution in [0.25, 0.3) is 0 Å². The highest BCUT2D eigenvalue weighted by Crippen LogP contribution is 2.15. The van der Waals surface area contributed by atoms with Gasteiger partial charge in [-0.15, -0.1) is 0 Å². The summed E-state index contributed by atoms with van der Waals surface area (Å²) in [7, 11) is 0. The number of nitrogens with one attached hydrogen (secondary N) is 1. The Labute approximate surface area is 141 Å². The molecule has 0 radical (unpaired) electrons. The van der Waals surface area contributed by atoms with Crippen molar-refractivity contribution in [2.75, 3.05) is 19.6 Å².